The molecule has 22 heavy (non-hydrogen) atoms. The summed E-state index contributed by atoms with van der Waals surface area (Å²) in [5.41, 5.74) is 1.60. The Kier molecular flexibility index (Phi) is 3.35. The minimum Gasteiger partial charge on any atom is -0.393 e. The lowest BCUT2D eigenvalue weighted by molar-refractivity contribution is -0.118. The van der Waals surface area contributed by atoms with Crippen molar-refractivity contribution in [2.75, 3.05) is 0 Å². The Morgan fingerprint density at radius 3 is 2.68 bits per heavy atom. The van der Waals surface area contributed by atoms with E-state index in [1.54, 1.807) is 0 Å². The van der Waals surface area contributed by atoms with Crippen LogP contribution in [0.1, 0.15) is 59.3 Å². The molecule has 7 unspecified atom stereocenters. The Balaban J connectivity index is 1.73. The molecule has 0 spiro atoms. The Morgan fingerprint density at radius 2 is 1.91 bits per heavy atom. The number of aliphatic hydroxyl groups excluding tert-OH is 1. The summed E-state index contributed by atoms with van der Waals surface area (Å²) in [6.07, 6.45) is 8.22. The highest BCUT2D eigenvalue weighted by molar-refractivity contribution is 5.91. The number of aliphatic hydroxyl groups is 1. The summed E-state index contributed by atoms with van der Waals surface area (Å²) in [7, 11) is 0. The third-order valence-electron chi connectivity index (χ3n) is 7.89. The number of carbonyl (C=O) groups is 1. The first-order valence-electron chi connectivity index (χ1n) is 9.33. The van der Waals surface area contributed by atoms with Gasteiger partial charge in [-0.2, -0.15) is 0 Å². The maximum atomic E-state index is 11.8. The van der Waals surface area contributed by atoms with E-state index < -0.39 is 0 Å². The third-order valence-corrected chi connectivity index (χ3v) is 7.89. The van der Waals surface area contributed by atoms with Gasteiger partial charge in [0.15, 0.2) is 5.78 Å². The summed E-state index contributed by atoms with van der Waals surface area (Å²) in [6.45, 7) is 7.16. The van der Waals surface area contributed by atoms with E-state index in [0.717, 1.165) is 37.5 Å². The standard InChI is InChI=1S/C20H30O2/c1-11-8-13-9-14(21)4-5-15(13)18-12(2)10-20(3)16(19(11)18)6-7-17(20)22/h9,11-12,15-19,22H,4-8,10H2,1-3H3/t11-,12?,15?,16?,17?,18?,19?,20?/m0/s1. The van der Waals surface area contributed by atoms with Crippen LogP contribution in [0.4, 0.5) is 0 Å². The lowest BCUT2D eigenvalue weighted by atomic mass is 9.47. The van der Waals surface area contributed by atoms with E-state index in [0.29, 0.717) is 29.5 Å². The third kappa shape index (κ3) is 1.92. The van der Waals surface area contributed by atoms with E-state index in [4.69, 9.17) is 0 Å². The fourth-order valence-electron chi connectivity index (χ4n) is 7.11. The lowest BCUT2D eigenvalue weighted by Crippen LogP contribution is -2.53. The highest BCUT2D eigenvalue weighted by Crippen LogP contribution is 2.64. The van der Waals surface area contributed by atoms with Crippen molar-refractivity contribution in [1.82, 2.24) is 0 Å². The first-order chi connectivity index (χ1) is 10.4. The van der Waals surface area contributed by atoms with Crippen molar-refractivity contribution in [2.45, 2.75) is 65.4 Å². The quantitative estimate of drug-likeness (QED) is 0.735. The van der Waals surface area contributed by atoms with E-state index in [9.17, 15) is 9.90 Å². The number of rotatable bonds is 0. The number of fused-ring (bicyclic) bond motifs is 5. The van der Waals surface area contributed by atoms with Gasteiger partial charge in [0.1, 0.15) is 0 Å². The van der Waals surface area contributed by atoms with Crippen LogP contribution in [0.15, 0.2) is 11.6 Å². The average molecular weight is 302 g/mol. The summed E-state index contributed by atoms with van der Waals surface area (Å²) in [5.74, 6) is 4.52. The Bertz CT molecular complexity index is 522. The molecule has 1 N–H and O–H groups in total. The molecule has 8 atom stereocenters. The van der Waals surface area contributed by atoms with Crippen LogP contribution in [0.3, 0.4) is 0 Å². The molecule has 0 heterocycles. The normalized spacial score (nSPS) is 54.3. The molecule has 3 fully saturated rings. The predicted octanol–water partition coefficient (Wildman–Crippen LogP) is 3.98. The number of hydrogen-bond donors (Lipinski definition) is 1. The van der Waals surface area contributed by atoms with Crippen LogP contribution in [0.25, 0.3) is 0 Å². The Morgan fingerprint density at radius 1 is 1.14 bits per heavy atom. The van der Waals surface area contributed by atoms with Crippen LogP contribution >= 0.6 is 0 Å². The van der Waals surface area contributed by atoms with Crippen molar-refractivity contribution in [3.63, 3.8) is 0 Å². The second-order valence-corrected chi connectivity index (χ2v) is 9.05. The van der Waals surface area contributed by atoms with E-state index in [2.05, 4.69) is 20.8 Å². The minimum atomic E-state index is -0.0991. The molecule has 4 aliphatic rings. The van der Waals surface area contributed by atoms with Gasteiger partial charge in [0, 0.05) is 6.42 Å². The average Bonchev–Trinajstić information content (AvgIpc) is 2.74. The van der Waals surface area contributed by atoms with Gasteiger partial charge in [-0.15, -0.1) is 0 Å². The number of allylic oxidation sites excluding steroid dienone is 1. The SMILES string of the molecule is CC1CC2(C)C(O)CCC2C2C1C1CCC(=O)C=C1C[C@@H]2C. The van der Waals surface area contributed by atoms with Crippen molar-refractivity contribution in [1.29, 1.82) is 0 Å². The topological polar surface area (TPSA) is 37.3 Å². The largest absolute Gasteiger partial charge is 0.393 e. The van der Waals surface area contributed by atoms with Crippen LogP contribution < -0.4 is 0 Å². The zero-order valence-corrected chi connectivity index (χ0v) is 14.2. The molecule has 0 aromatic rings. The lowest BCUT2D eigenvalue weighted by Gasteiger charge is -2.58. The molecule has 2 nitrogen and oxygen atoms in total. The molecular formula is C20H30O2. The van der Waals surface area contributed by atoms with E-state index in [1.165, 1.54) is 18.4 Å². The molecule has 0 bridgehead atoms. The minimum absolute atomic E-state index is 0.0991. The highest BCUT2D eigenvalue weighted by Gasteiger charge is 2.59. The van der Waals surface area contributed by atoms with Gasteiger partial charge in [0.2, 0.25) is 0 Å². The summed E-state index contributed by atoms with van der Waals surface area (Å²) < 4.78 is 0. The molecule has 0 amide bonds. The van der Waals surface area contributed by atoms with Crippen LogP contribution in [-0.4, -0.2) is 17.0 Å². The van der Waals surface area contributed by atoms with Gasteiger partial charge < -0.3 is 5.11 Å². The molecule has 4 aliphatic carbocycles. The van der Waals surface area contributed by atoms with Gasteiger partial charge in [-0.25, -0.2) is 0 Å². The van der Waals surface area contributed by atoms with Crippen LogP contribution in [0.5, 0.6) is 0 Å². The van der Waals surface area contributed by atoms with Gasteiger partial charge in [-0.05, 0) is 79.1 Å². The van der Waals surface area contributed by atoms with Crippen molar-refractivity contribution in [3.05, 3.63) is 11.6 Å². The van der Waals surface area contributed by atoms with Crippen LogP contribution in [0.2, 0.25) is 0 Å². The maximum absolute atomic E-state index is 11.8. The monoisotopic (exact) mass is 302 g/mol. The van der Waals surface area contributed by atoms with Gasteiger partial charge in [0.25, 0.3) is 0 Å². The molecule has 0 aliphatic heterocycles. The van der Waals surface area contributed by atoms with Gasteiger partial charge in [-0.1, -0.05) is 26.3 Å². The number of ketones is 1. The zero-order chi connectivity index (χ0) is 15.6. The van der Waals surface area contributed by atoms with E-state index in [1.807, 2.05) is 6.08 Å². The highest BCUT2D eigenvalue weighted by atomic mass is 16.3. The fraction of sp³-hybridized carbons (Fsp3) is 0.850. The van der Waals surface area contributed by atoms with Crippen LogP contribution in [-0.2, 0) is 4.79 Å². The number of hydrogen-bond acceptors (Lipinski definition) is 2. The fourth-order valence-corrected chi connectivity index (χ4v) is 7.11. The summed E-state index contributed by atoms with van der Waals surface area (Å²) in [5, 5.41) is 10.6. The predicted molar refractivity (Wildman–Crippen MR) is 87.2 cm³/mol. The first kappa shape index (κ1) is 14.9. The molecule has 2 heteroatoms. The van der Waals surface area contributed by atoms with Crippen molar-refractivity contribution in [3.8, 4) is 0 Å². The van der Waals surface area contributed by atoms with E-state index in [-0.39, 0.29) is 11.5 Å². The smallest absolute Gasteiger partial charge is 0.155 e. The molecule has 0 aromatic carbocycles. The Hall–Kier alpha value is -0.630. The summed E-state index contributed by atoms with van der Waals surface area (Å²) in [6, 6.07) is 0. The second-order valence-electron chi connectivity index (χ2n) is 9.05. The Labute approximate surface area is 134 Å². The summed E-state index contributed by atoms with van der Waals surface area (Å²) >= 11 is 0. The molecule has 0 radical (unpaired) electrons. The maximum Gasteiger partial charge on any atom is 0.155 e. The first-order valence-corrected chi connectivity index (χ1v) is 9.33. The molecular weight excluding hydrogens is 272 g/mol. The van der Waals surface area contributed by atoms with Crippen LogP contribution in [0, 0.1) is 40.9 Å². The zero-order valence-electron chi connectivity index (χ0n) is 14.2. The van der Waals surface area contributed by atoms with Gasteiger partial charge in [-0.3, -0.25) is 4.79 Å². The molecule has 122 valence electrons. The number of carbonyl (C=O) groups excluding carboxylic acids is 1. The van der Waals surface area contributed by atoms with Crippen molar-refractivity contribution < 1.29 is 9.90 Å². The molecule has 3 saturated carbocycles. The second kappa shape index (κ2) is 4.93. The molecule has 0 aromatic heterocycles. The van der Waals surface area contributed by atoms with Crippen molar-refractivity contribution >= 4 is 5.78 Å². The van der Waals surface area contributed by atoms with Gasteiger partial charge in [0.05, 0.1) is 6.10 Å². The van der Waals surface area contributed by atoms with Gasteiger partial charge >= 0.3 is 0 Å². The molecule has 4 rings (SSSR count). The summed E-state index contributed by atoms with van der Waals surface area (Å²) in [4.78, 5) is 11.8. The molecule has 0 saturated heterocycles. The van der Waals surface area contributed by atoms with Crippen molar-refractivity contribution in [2.24, 2.45) is 40.9 Å². The van der Waals surface area contributed by atoms with E-state index >= 15 is 0 Å².